The zero-order valence-corrected chi connectivity index (χ0v) is 18.0. The number of nitrogens with one attached hydrogen (secondary N) is 2. The normalized spacial score (nSPS) is 11.1. The van der Waals surface area contributed by atoms with Crippen LogP contribution in [0, 0.1) is 0 Å². The number of thiophene rings is 1. The number of aromatic nitrogens is 3. The lowest BCUT2D eigenvalue weighted by Gasteiger charge is -2.12. The SMILES string of the molecule is CN(C)CCNC(=O)Nc1cccc(-c2ccnc3c(C(=O)c4cccs4)cnn23)c1. The molecule has 3 aromatic heterocycles. The van der Waals surface area contributed by atoms with Gasteiger partial charge in [-0.2, -0.15) is 5.10 Å². The minimum atomic E-state index is -0.262. The first-order valence-corrected chi connectivity index (χ1v) is 10.6. The molecule has 0 radical (unpaired) electrons. The Morgan fingerprint density at radius 3 is 2.81 bits per heavy atom. The fraction of sp³-hybridized carbons (Fsp3) is 0.182. The van der Waals surface area contributed by atoms with E-state index in [1.54, 1.807) is 23.0 Å². The second-order valence-corrected chi connectivity index (χ2v) is 8.14. The van der Waals surface area contributed by atoms with Crippen LogP contribution in [-0.4, -0.2) is 58.5 Å². The number of urea groups is 1. The third-order valence-electron chi connectivity index (χ3n) is 4.65. The maximum absolute atomic E-state index is 12.8. The molecule has 0 aliphatic heterocycles. The topological polar surface area (TPSA) is 91.6 Å². The molecule has 3 heterocycles. The van der Waals surface area contributed by atoms with Crippen molar-refractivity contribution >= 4 is 34.5 Å². The van der Waals surface area contributed by atoms with Gasteiger partial charge in [0.1, 0.15) is 0 Å². The van der Waals surface area contributed by atoms with Crippen LogP contribution in [0.15, 0.2) is 60.2 Å². The van der Waals surface area contributed by atoms with Gasteiger partial charge >= 0.3 is 6.03 Å². The Kier molecular flexibility index (Phi) is 6.06. The molecule has 0 unspecified atom stereocenters. The lowest BCUT2D eigenvalue weighted by atomic mass is 10.1. The highest BCUT2D eigenvalue weighted by molar-refractivity contribution is 7.12. The molecule has 8 nitrogen and oxygen atoms in total. The number of amides is 2. The lowest BCUT2D eigenvalue weighted by molar-refractivity contribution is 0.104. The molecule has 31 heavy (non-hydrogen) atoms. The van der Waals surface area contributed by atoms with Crippen LogP contribution in [-0.2, 0) is 0 Å². The average molecular weight is 435 g/mol. The van der Waals surface area contributed by atoms with E-state index in [2.05, 4.69) is 20.7 Å². The first-order chi connectivity index (χ1) is 15.0. The standard InChI is InChI=1S/C22H22N6O2S/c1-27(2)11-10-24-22(30)26-16-6-3-5-15(13-16)18-8-9-23-21-17(14-25-28(18)21)20(29)19-7-4-12-31-19/h3-9,12-14H,10-11H2,1-2H3,(H2,24,26,30). The number of anilines is 1. The monoisotopic (exact) mass is 434 g/mol. The van der Waals surface area contributed by atoms with E-state index in [1.165, 1.54) is 11.3 Å². The maximum Gasteiger partial charge on any atom is 0.319 e. The van der Waals surface area contributed by atoms with Crippen LogP contribution in [0.4, 0.5) is 10.5 Å². The van der Waals surface area contributed by atoms with E-state index < -0.39 is 0 Å². The van der Waals surface area contributed by atoms with Gasteiger partial charge in [0.25, 0.3) is 0 Å². The molecule has 4 aromatic rings. The van der Waals surface area contributed by atoms with E-state index >= 15 is 0 Å². The van der Waals surface area contributed by atoms with Crippen molar-refractivity contribution in [3.63, 3.8) is 0 Å². The number of nitrogens with zero attached hydrogens (tertiary/aromatic N) is 4. The van der Waals surface area contributed by atoms with Crippen LogP contribution >= 0.6 is 11.3 Å². The smallest absolute Gasteiger partial charge is 0.319 e. The molecule has 0 bridgehead atoms. The lowest BCUT2D eigenvalue weighted by Crippen LogP contribution is -2.34. The number of ketones is 1. The Morgan fingerprint density at radius 2 is 2.03 bits per heavy atom. The predicted octanol–water partition coefficient (Wildman–Crippen LogP) is 3.37. The largest absolute Gasteiger partial charge is 0.337 e. The molecule has 0 spiro atoms. The van der Waals surface area contributed by atoms with Gasteiger partial charge in [-0.25, -0.2) is 14.3 Å². The summed E-state index contributed by atoms with van der Waals surface area (Å²) >= 11 is 1.39. The molecule has 4 rings (SSSR count). The molecule has 2 amide bonds. The first-order valence-electron chi connectivity index (χ1n) is 9.74. The summed E-state index contributed by atoms with van der Waals surface area (Å²) in [6.45, 7) is 1.31. The Bertz CT molecular complexity index is 1220. The summed E-state index contributed by atoms with van der Waals surface area (Å²) in [6, 6.07) is 12.7. The maximum atomic E-state index is 12.8. The number of carbonyl (C=O) groups is 2. The van der Waals surface area contributed by atoms with Gasteiger partial charge in [-0.1, -0.05) is 18.2 Å². The van der Waals surface area contributed by atoms with Crippen molar-refractivity contribution < 1.29 is 9.59 Å². The van der Waals surface area contributed by atoms with Gasteiger partial charge in [0, 0.05) is 30.5 Å². The number of hydrogen-bond acceptors (Lipinski definition) is 6. The highest BCUT2D eigenvalue weighted by Gasteiger charge is 2.18. The third kappa shape index (κ3) is 4.62. The van der Waals surface area contributed by atoms with Gasteiger partial charge < -0.3 is 15.5 Å². The zero-order chi connectivity index (χ0) is 21.8. The molecular weight excluding hydrogens is 412 g/mol. The van der Waals surface area contributed by atoms with E-state index in [4.69, 9.17) is 0 Å². The summed E-state index contributed by atoms with van der Waals surface area (Å²) in [5, 5.41) is 11.9. The number of fused-ring (bicyclic) bond motifs is 1. The molecular formula is C22H22N6O2S. The molecule has 158 valence electrons. The van der Waals surface area contributed by atoms with Gasteiger partial charge in [-0.05, 0) is 43.7 Å². The Morgan fingerprint density at radius 1 is 1.16 bits per heavy atom. The van der Waals surface area contributed by atoms with Crippen LogP contribution in [0.3, 0.4) is 0 Å². The summed E-state index contributed by atoms with van der Waals surface area (Å²) in [5.74, 6) is -0.0977. The summed E-state index contributed by atoms with van der Waals surface area (Å²) in [5.41, 5.74) is 3.23. The fourth-order valence-corrected chi connectivity index (χ4v) is 3.81. The number of likely N-dealkylation sites (N-methyl/N-ethyl adjacent to an activating group) is 1. The summed E-state index contributed by atoms with van der Waals surface area (Å²) in [4.78, 5) is 32.0. The molecule has 2 N–H and O–H groups in total. The summed E-state index contributed by atoms with van der Waals surface area (Å²) in [6.07, 6.45) is 3.21. The van der Waals surface area contributed by atoms with Crippen molar-refractivity contribution in [3.05, 3.63) is 70.7 Å². The molecule has 0 aliphatic rings. The van der Waals surface area contributed by atoms with E-state index in [-0.39, 0.29) is 11.8 Å². The fourth-order valence-electron chi connectivity index (χ4n) is 3.14. The molecule has 9 heteroatoms. The molecule has 0 atom stereocenters. The van der Waals surface area contributed by atoms with E-state index in [0.717, 1.165) is 17.8 Å². The Hall–Kier alpha value is -3.56. The van der Waals surface area contributed by atoms with Crippen molar-refractivity contribution in [2.45, 2.75) is 0 Å². The van der Waals surface area contributed by atoms with E-state index in [9.17, 15) is 9.59 Å². The van der Waals surface area contributed by atoms with Gasteiger partial charge in [-0.3, -0.25) is 4.79 Å². The number of carbonyl (C=O) groups excluding carboxylic acids is 2. The summed E-state index contributed by atoms with van der Waals surface area (Å²) in [7, 11) is 3.90. The predicted molar refractivity (Wildman–Crippen MR) is 122 cm³/mol. The van der Waals surface area contributed by atoms with Gasteiger partial charge in [0.05, 0.1) is 22.3 Å². The Labute approximate surface area is 183 Å². The van der Waals surface area contributed by atoms with Crippen molar-refractivity contribution in [2.75, 3.05) is 32.5 Å². The minimum Gasteiger partial charge on any atom is -0.337 e. The minimum absolute atomic E-state index is 0.0977. The third-order valence-corrected chi connectivity index (χ3v) is 5.52. The van der Waals surface area contributed by atoms with Gasteiger partial charge in [0.15, 0.2) is 5.65 Å². The summed E-state index contributed by atoms with van der Waals surface area (Å²) < 4.78 is 1.65. The van der Waals surface area contributed by atoms with Crippen LogP contribution in [0.25, 0.3) is 16.9 Å². The van der Waals surface area contributed by atoms with Crippen LogP contribution in [0.2, 0.25) is 0 Å². The van der Waals surface area contributed by atoms with Crippen LogP contribution in [0.1, 0.15) is 15.2 Å². The van der Waals surface area contributed by atoms with E-state index in [0.29, 0.717) is 28.3 Å². The molecule has 0 saturated carbocycles. The molecule has 0 aliphatic carbocycles. The molecule has 0 fully saturated rings. The van der Waals surface area contributed by atoms with E-state index in [1.807, 2.05) is 60.8 Å². The zero-order valence-electron chi connectivity index (χ0n) is 17.2. The second kappa shape index (κ2) is 9.07. The van der Waals surface area contributed by atoms with Crippen LogP contribution in [0.5, 0.6) is 0 Å². The van der Waals surface area contributed by atoms with Gasteiger partial charge in [0.2, 0.25) is 5.78 Å². The second-order valence-electron chi connectivity index (χ2n) is 7.20. The van der Waals surface area contributed by atoms with Gasteiger partial charge in [-0.15, -0.1) is 11.3 Å². The van der Waals surface area contributed by atoms with Crippen molar-refractivity contribution in [1.29, 1.82) is 0 Å². The highest BCUT2D eigenvalue weighted by atomic mass is 32.1. The Balaban J connectivity index is 1.59. The number of benzene rings is 1. The van der Waals surface area contributed by atoms with Crippen LogP contribution < -0.4 is 10.6 Å². The molecule has 1 aromatic carbocycles. The highest BCUT2D eigenvalue weighted by Crippen LogP contribution is 2.25. The first kappa shape index (κ1) is 20.7. The number of hydrogen-bond donors (Lipinski definition) is 2. The average Bonchev–Trinajstić information content (AvgIpc) is 3.43. The van der Waals surface area contributed by atoms with Crippen molar-refractivity contribution in [3.8, 4) is 11.3 Å². The van der Waals surface area contributed by atoms with Crippen molar-refractivity contribution in [2.24, 2.45) is 0 Å². The number of rotatable bonds is 7. The quantitative estimate of drug-likeness (QED) is 0.435. The van der Waals surface area contributed by atoms with Crippen molar-refractivity contribution in [1.82, 2.24) is 24.8 Å². The molecule has 0 saturated heterocycles.